The van der Waals surface area contributed by atoms with E-state index in [-0.39, 0.29) is 18.0 Å². The molecule has 1 N–H and O–H groups in total. The number of anilines is 1. The molecule has 2 aromatic heterocycles. The Kier molecular flexibility index (Phi) is 5.59. The first-order valence-electron chi connectivity index (χ1n) is 9.09. The fourth-order valence-electron chi connectivity index (χ4n) is 3.26. The highest BCUT2D eigenvalue weighted by Gasteiger charge is 2.13. The summed E-state index contributed by atoms with van der Waals surface area (Å²) in [5, 5.41) is 2.93. The first kappa shape index (κ1) is 18.7. The molecule has 0 fully saturated rings. The lowest BCUT2D eigenvalue weighted by molar-refractivity contribution is -0.121. The summed E-state index contributed by atoms with van der Waals surface area (Å²) in [4.78, 5) is 31.2. The summed E-state index contributed by atoms with van der Waals surface area (Å²) in [5.41, 5.74) is 2.64. The molecule has 2 heterocycles. The molecule has 3 rings (SSSR count). The van der Waals surface area contributed by atoms with E-state index in [4.69, 9.17) is 0 Å². The Morgan fingerprint density at radius 3 is 2.48 bits per heavy atom. The van der Waals surface area contributed by atoms with Gasteiger partial charge in [-0.1, -0.05) is 18.2 Å². The number of aryl methyl sites for hydroxylation is 2. The quantitative estimate of drug-likeness (QED) is 0.693. The number of aromatic nitrogens is 3. The van der Waals surface area contributed by atoms with E-state index in [0.29, 0.717) is 19.6 Å². The van der Waals surface area contributed by atoms with Crippen molar-refractivity contribution in [2.24, 2.45) is 0 Å². The first-order valence-corrected chi connectivity index (χ1v) is 9.09. The van der Waals surface area contributed by atoms with Crippen LogP contribution in [-0.4, -0.2) is 34.1 Å². The fourth-order valence-corrected chi connectivity index (χ4v) is 3.26. The van der Waals surface area contributed by atoms with E-state index in [2.05, 4.69) is 10.3 Å². The SMILES string of the molecule is CCn1c(=O)n(CCC(=O)NCc2cccnc2N(C)C)c2ccccc21. The van der Waals surface area contributed by atoms with Crippen LogP contribution in [0.15, 0.2) is 47.4 Å². The van der Waals surface area contributed by atoms with Crippen LogP contribution in [0.4, 0.5) is 5.82 Å². The van der Waals surface area contributed by atoms with Gasteiger partial charge in [0.1, 0.15) is 5.82 Å². The lowest BCUT2D eigenvalue weighted by Crippen LogP contribution is -2.28. The minimum Gasteiger partial charge on any atom is -0.362 e. The number of hydrogen-bond donors (Lipinski definition) is 1. The number of fused-ring (bicyclic) bond motifs is 1. The highest BCUT2D eigenvalue weighted by molar-refractivity contribution is 5.78. The molecular formula is C20H25N5O2. The molecular weight excluding hydrogens is 342 g/mol. The van der Waals surface area contributed by atoms with Gasteiger partial charge in [-0.2, -0.15) is 0 Å². The number of imidazole rings is 1. The van der Waals surface area contributed by atoms with Crippen LogP contribution in [0.5, 0.6) is 0 Å². The predicted octanol–water partition coefficient (Wildman–Crippen LogP) is 1.99. The summed E-state index contributed by atoms with van der Waals surface area (Å²) in [7, 11) is 3.84. The van der Waals surface area contributed by atoms with E-state index >= 15 is 0 Å². The van der Waals surface area contributed by atoms with Crippen molar-refractivity contribution in [3.63, 3.8) is 0 Å². The zero-order chi connectivity index (χ0) is 19.4. The molecule has 0 unspecified atom stereocenters. The third-order valence-corrected chi connectivity index (χ3v) is 4.57. The van der Waals surface area contributed by atoms with Crippen molar-refractivity contribution in [1.82, 2.24) is 19.4 Å². The number of carbonyl (C=O) groups is 1. The van der Waals surface area contributed by atoms with Gasteiger partial charge in [0.2, 0.25) is 5.91 Å². The van der Waals surface area contributed by atoms with E-state index in [9.17, 15) is 9.59 Å². The molecule has 1 amide bonds. The van der Waals surface area contributed by atoms with Gasteiger partial charge in [-0.05, 0) is 25.1 Å². The Labute approximate surface area is 158 Å². The van der Waals surface area contributed by atoms with Crippen LogP contribution >= 0.6 is 0 Å². The van der Waals surface area contributed by atoms with Crippen LogP contribution in [-0.2, 0) is 24.4 Å². The van der Waals surface area contributed by atoms with Gasteiger partial charge in [0.05, 0.1) is 11.0 Å². The van der Waals surface area contributed by atoms with E-state index in [1.54, 1.807) is 15.3 Å². The van der Waals surface area contributed by atoms with Gasteiger partial charge in [0, 0.05) is 51.9 Å². The smallest absolute Gasteiger partial charge is 0.329 e. The molecule has 0 aliphatic heterocycles. The number of benzene rings is 1. The van der Waals surface area contributed by atoms with Crippen LogP contribution in [0.25, 0.3) is 11.0 Å². The summed E-state index contributed by atoms with van der Waals surface area (Å²) in [6, 6.07) is 11.5. The van der Waals surface area contributed by atoms with Crippen LogP contribution < -0.4 is 15.9 Å². The van der Waals surface area contributed by atoms with Crippen LogP contribution in [0.2, 0.25) is 0 Å². The number of pyridine rings is 1. The summed E-state index contributed by atoms with van der Waals surface area (Å²) in [6.45, 7) is 3.31. The second-order valence-corrected chi connectivity index (χ2v) is 6.57. The maximum absolute atomic E-state index is 12.6. The summed E-state index contributed by atoms with van der Waals surface area (Å²) in [6.07, 6.45) is 1.98. The third kappa shape index (κ3) is 3.86. The average Bonchev–Trinajstić information content (AvgIpc) is 2.95. The maximum Gasteiger partial charge on any atom is 0.329 e. The molecule has 3 aromatic rings. The Balaban J connectivity index is 1.68. The van der Waals surface area contributed by atoms with Crippen LogP contribution in [0, 0.1) is 0 Å². The van der Waals surface area contributed by atoms with Crippen LogP contribution in [0.1, 0.15) is 18.9 Å². The van der Waals surface area contributed by atoms with Gasteiger partial charge in [0.25, 0.3) is 0 Å². The van der Waals surface area contributed by atoms with Crippen molar-refractivity contribution in [3.8, 4) is 0 Å². The molecule has 0 aliphatic rings. The average molecular weight is 367 g/mol. The molecule has 0 radical (unpaired) electrons. The molecule has 0 spiro atoms. The van der Waals surface area contributed by atoms with Gasteiger partial charge in [0.15, 0.2) is 0 Å². The van der Waals surface area contributed by atoms with Gasteiger partial charge in [-0.25, -0.2) is 9.78 Å². The largest absolute Gasteiger partial charge is 0.362 e. The Morgan fingerprint density at radius 2 is 1.81 bits per heavy atom. The van der Waals surface area contributed by atoms with Crippen molar-refractivity contribution >= 4 is 22.8 Å². The van der Waals surface area contributed by atoms with Gasteiger partial charge in [-0.15, -0.1) is 0 Å². The second-order valence-electron chi connectivity index (χ2n) is 6.57. The van der Waals surface area contributed by atoms with Gasteiger partial charge >= 0.3 is 5.69 Å². The number of para-hydroxylation sites is 2. The molecule has 0 bridgehead atoms. The van der Waals surface area contributed by atoms with Crippen molar-refractivity contribution in [3.05, 3.63) is 58.6 Å². The minimum absolute atomic E-state index is 0.0753. The van der Waals surface area contributed by atoms with E-state index in [0.717, 1.165) is 22.4 Å². The zero-order valence-electron chi connectivity index (χ0n) is 16.0. The Hall–Kier alpha value is -3.09. The van der Waals surface area contributed by atoms with E-state index < -0.39 is 0 Å². The Bertz CT molecular complexity index is 1000. The van der Waals surface area contributed by atoms with Crippen molar-refractivity contribution in [1.29, 1.82) is 0 Å². The second kappa shape index (κ2) is 8.07. The van der Waals surface area contributed by atoms with Gasteiger partial charge in [-0.3, -0.25) is 13.9 Å². The molecule has 27 heavy (non-hydrogen) atoms. The molecule has 1 aromatic carbocycles. The monoisotopic (exact) mass is 367 g/mol. The number of nitrogens with zero attached hydrogens (tertiary/aromatic N) is 4. The molecule has 7 heteroatoms. The molecule has 0 atom stereocenters. The Morgan fingerprint density at radius 1 is 1.11 bits per heavy atom. The lowest BCUT2D eigenvalue weighted by atomic mass is 10.2. The number of nitrogens with one attached hydrogen (secondary N) is 1. The summed E-state index contributed by atoms with van der Waals surface area (Å²) >= 11 is 0. The maximum atomic E-state index is 12.6. The molecule has 0 saturated heterocycles. The minimum atomic E-state index is -0.0937. The van der Waals surface area contributed by atoms with Crippen LogP contribution in [0.3, 0.4) is 0 Å². The molecule has 7 nitrogen and oxygen atoms in total. The summed E-state index contributed by atoms with van der Waals surface area (Å²) < 4.78 is 3.40. The molecule has 142 valence electrons. The van der Waals surface area contributed by atoms with Crippen molar-refractivity contribution < 1.29 is 4.79 Å². The number of hydrogen-bond acceptors (Lipinski definition) is 4. The highest BCUT2D eigenvalue weighted by atomic mass is 16.2. The standard InChI is InChI=1S/C20H25N5O2/c1-4-24-16-9-5-6-10-17(16)25(20(24)27)13-11-18(26)22-14-15-8-7-12-21-19(15)23(2)3/h5-10,12H,4,11,13-14H2,1-3H3,(H,22,26). The van der Waals surface area contributed by atoms with Crippen molar-refractivity contribution in [2.75, 3.05) is 19.0 Å². The normalized spacial score (nSPS) is 10.9. The number of amides is 1. The summed E-state index contributed by atoms with van der Waals surface area (Å²) in [5.74, 6) is 0.740. The lowest BCUT2D eigenvalue weighted by Gasteiger charge is -2.16. The number of carbonyl (C=O) groups excluding carboxylic acids is 1. The molecule has 0 saturated carbocycles. The van der Waals surface area contributed by atoms with E-state index in [1.165, 1.54) is 0 Å². The third-order valence-electron chi connectivity index (χ3n) is 4.57. The first-order chi connectivity index (χ1) is 13.0. The van der Waals surface area contributed by atoms with Gasteiger partial charge < -0.3 is 10.2 Å². The molecule has 0 aliphatic carbocycles. The van der Waals surface area contributed by atoms with E-state index in [1.807, 2.05) is 62.3 Å². The fraction of sp³-hybridized carbons (Fsp3) is 0.350. The topological polar surface area (TPSA) is 72.2 Å². The van der Waals surface area contributed by atoms with Crippen molar-refractivity contribution in [2.45, 2.75) is 33.0 Å². The number of rotatable bonds is 7. The predicted molar refractivity (Wildman–Crippen MR) is 107 cm³/mol. The highest BCUT2D eigenvalue weighted by Crippen LogP contribution is 2.15. The zero-order valence-corrected chi connectivity index (χ0v) is 16.0.